The van der Waals surface area contributed by atoms with Crippen molar-refractivity contribution in [1.29, 1.82) is 5.26 Å². The van der Waals surface area contributed by atoms with Gasteiger partial charge in [0.15, 0.2) is 5.15 Å². The maximum atomic E-state index is 12.4. The van der Waals surface area contributed by atoms with Crippen LogP contribution in [0.1, 0.15) is 17.7 Å². The molecule has 0 radical (unpaired) electrons. The zero-order chi connectivity index (χ0) is 10.7. The molecule has 0 spiro atoms. The van der Waals surface area contributed by atoms with Crippen molar-refractivity contribution < 1.29 is 8.78 Å². The molecule has 1 aromatic heterocycles. The fraction of sp³-hybridized carbons (Fsp3) is 0.250. The smallest absolute Gasteiger partial charge is 0.265 e. The van der Waals surface area contributed by atoms with Gasteiger partial charge in [-0.05, 0) is 6.07 Å². The summed E-state index contributed by atoms with van der Waals surface area (Å²) in [6.07, 6.45) is -2.91. The highest BCUT2D eigenvalue weighted by molar-refractivity contribution is 6.31. The summed E-state index contributed by atoms with van der Waals surface area (Å²) in [5.41, 5.74) is 4.94. The van der Waals surface area contributed by atoms with E-state index >= 15 is 0 Å². The Morgan fingerprint density at radius 2 is 2.29 bits per heavy atom. The minimum Gasteiger partial charge on any atom is -0.396 e. The van der Waals surface area contributed by atoms with Crippen molar-refractivity contribution in [2.45, 2.75) is 12.8 Å². The molecule has 1 heterocycles. The fourth-order valence-corrected chi connectivity index (χ4v) is 1.12. The van der Waals surface area contributed by atoms with Crippen molar-refractivity contribution in [3.63, 3.8) is 0 Å². The van der Waals surface area contributed by atoms with E-state index in [2.05, 4.69) is 4.98 Å². The standard InChI is InChI=1S/C8H6ClF2N3/c9-7-5(13)3-4(8(10)11)6(14-7)1-2-12/h3,8H,1,13H2. The van der Waals surface area contributed by atoms with Gasteiger partial charge in [-0.15, -0.1) is 0 Å². The second-order valence-electron chi connectivity index (χ2n) is 2.54. The highest BCUT2D eigenvalue weighted by Gasteiger charge is 2.16. The minimum atomic E-state index is -2.70. The molecule has 0 aliphatic carbocycles. The van der Waals surface area contributed by atoms with Crippen molar-refractivity contribution >= 4 is 17.3 Å². The van der Waals surface area contributed by atoms with Crippen LogP contribution in [0.15, 0.2) is 6.07 Å². The van der Waals surface area contributed by atoms with Crippen LogP contribution in [0.2, 0.25) is 5.15 Å². The van der Waals surface area contributed by atoms with Crippen LogP contribution in [0.25, 0.3) is 0 Å². The summed E-state index contributed by atoms with van der Waals surface area (Å²) in [7, 11) is 0. The summed E-state index contributed by atoms with van der Waals surface area (Å²) < 4.78 is 24.8. The first-order chi connectivity index (χ1) is 6.56. The van der Waals surface area contributed by atoms with E-state index in [9.17, 15) is 8.78 Å². The van der Waals surface area contributed by atoms with Crippen LogP contribution in [-0.2, 0) is 6.42 Å². The van der Waals surface area contributed by atoms with Gasteiger partial charge in [-0.25, -0.2) is 13.8 Å². The molecule has 0 aliphatic rings. The number of hydrogen-bond acceptors (Lipinski definition) is 3. The quantitative estimate of drug-likeness (QED) is 0.774. The van der Waals surface area contributed by atoms with Crippen LogP contribution in [-0.4, -0.2) is 4.98 Å². The number of pyridine rings is 1. The van der Waals surface area contributed by atoms with Crippen molar-refractivity contribution in [1.82, 2.24) is 4.98 Å². The largest absolute Gasteiger partial charge is 0.396 e. The molecule has 0 aromatic carbocycles. The Labute approximate surface area is 84.1 Å². The third-order valence-electron chi connectivity index (χ3n) is 1.60. The van der Waals surface area contributed by atoms with Gasteiger partial charge < -0.3 is 5.73 Å². The molecule has 0 amide bonds. The van der Waals surface area contributed by atoms with Crippen LogP contribution < -0.4 is 5.73 Å². The van der Waals surface area contributed by atoms with Crippen molar-refractivity contribution in [3.05, 3.63) is 22.5 Å². The first-order valence-electron chi connectivity index (χ1n) is 3.66. The highest BCUT2D eigenvalue weighted by atomic mass is 35.5. The SMILES string of the molecule is N#CCc1nc(Cl)c(N)cc1C(F)F. The fourth-order valence-electron chi connectivity index (χ4n) is 0.963. The monoisotopic (exact) mass is 217 g/mol. The maximum absolute atomic E-state index is 12.4. The van der Waals surface area contributed by atoms with Crippen molar-refractivity contribution in [2.75, 3.05) is 5.73 Å². The molecule has 3 nitrogen and oxygen atoms in total. The average Bonchev–Trinajstić information content (AvgIpc) is 2.11. The molecule has 0 saturated heterocycles. The van der Waals surface area contributed by atoms with E-state index < -0.39 is 6.43 Å². The second kappa shape index (κ2) is 4.20. The molecular formula is C8H6ClF2N3. The number of hydrogen-bond donors (Lipinski definition) is 1. The molecule has 74 valence electrons. The Morgan fingerprint density at radius 3 is 2.79 bits per heavy atom. The van der Waals surface area contributed by atoms with E-state index in [1.807, 2.05) is 0 Å². The molecule has 1 aromatic rings. The molecule has 1 rings (SSSR count). The number of nitrogens with two attached hydrogens (primary N) is 1. The zero-order valence-electron chi connectivity index (χ0n) is 6.97. The molecular weight excluding hydrogens is 212 g/mol. The average molecular weight is 218 g/mol. The van der Waals surface area contributed by atoms with Crippen molar-refractivity contribution in [2.24, 2.45) is 0 Å². The molecule has 0 atom stereocenters. The van der Waals surface area contributed by atoms with Gasteiger partial charge in [0.25, 0.3) is 6.43 Å². The van der Waals surface area contributed by atoms with Gasteiger partial charge in [0.1, 0.15) is 0 Å². The third kappa shape index (κ3) is 2.09. The molecule has 0 unspecified atom stereocenters. The summed E-state index contributed by atoms with van der Waals surface area (Å²) in [5.74, 6) is 0. The van der Waals surface area contributed by atoms with Crippen LogP contribution in [0.3, 0.4) is 0 Å². The number of halogens is 3. The number of aromatic nitrogens is 1. The minimum absolute atomic E-state index is 0.0105. The molecule has 6 heteroatoms. The lowest BCUT2D eigenvalue weighted by Crippen LogP contribution is -2.01. The summed E-state index contributed by atoms with van der Waals surface area (Å²) in [4.78, 5) is 3.62. The van der Waals surface area contributed by atoms with Crippen LogP contribution in [0.4, 0.5) is 14.5 Å². The predicted octanol–water partition coefficient (Wildman–Crippen LogP) is 2.32. The number of nitriles is 1. The zero-order valence-corrected chi connectivity index (χ0v) is 7.72. The summed E-state index contributed by atoms with van der Waals surface area (Å²) >= 11 is 5.54. The number of rotatable bonds is 2. The van der Waals surface area contributed by atoms with Gasteiger partial charge in [-0.2, -0.15) is 5.26 Å². The first kappa shape index (κ1) is 10.7. The van der Waals surface area contributed by atoms with Gasteiger partial charge in [-0.1, -0.05) is 11.6 Å². The predicted molar refractivity (Wildman–Crippen MR) is 47.9 cm³/mol. The third-order valence-corrected chi connectivity index (χ3v) is 1.90. The topological polar surface area (TPSA) is 62.7 Å². The van der Waals surface area contributed by atoms with Crippen LogP contribution >= 0.6 is 11.6 Å². The highest BCUT2D eigenvalue weighted by Crippen LogP contribution is 2.27. The van der Waals surface area contributed by atoms with Gasteiger partial charge in [0.2, 0.25) is 0 Å². The lowest BCUT2D eigenvalue weighted by atomic mass is 10.1. The van der Waals surface area contributed by atoms with E-state index in [0.29, 0.717) is 0 Å². The normalized spacial score (nSPS) is 10.2. The number of nitrogens with zero attached hydrogens (tertiary/aromatic N) is 2. The van der Waals surface area contributed by atoms with E-state index in [1.54, 1.807) is 6.07 Å². The van der Waals surface area contributed by atoms with E-state index in [1.165, 1.54) is 0 Å². The number of alkyl halides is 2. The second-order valence-corrected chi connectivity index (χ2v) is 2.90. The summed E-state index contributed by atoms with van der Waals surface area (Å²) in [5, 5.41) is 8.32. The molecule has 0 bridgehead atoms. The molecule has 14 heavy (non-hydrogen) atoms. The Bertz CT molecular complexity index is 387. The van der Waals surface area contributed by atoms with Gasteiger partial charge >= 0.3 is 0 Å². The Hall–Kier alpha value is -1.41. The van der Waals surface area contributed by atoms with Gasteiger partial charge in [0.05, 0.1) is 23.9 Å². The Balaban J connectivity index is 3.25. The van der Waals surface area contributed by atoms with Crippen LogP contribution in [0, 0.1) is 11.3 Å². The Morgan fingerprint density at radius 1 is 1.64 bits per heavy atom. The van der Waals surface area contributed by atoms with Gasteiger partial charge in [0, 0.05) is 5.56 Å². The molecule has 2 N–H and O–H groups in total. The van der Waals surface area contributed by atoms with E-state index in [0.717, 1.165) is 6.07 Å². The number of anilines is 1. The molecule has 0 saturated carbocycles. The summed E-state index contributed by atoms with van der Waals surface area (Å²) in [6.45, 7) is 0. The lowest BCUT2D eigenvalue weighted by molar-refractivity contribution is 0.150. The number of nitrogen functional groups attached to an aromatic ring is 1. The Kier molecular flexibility index (Phi) is 3.20. The summed E-state index contributed by atoms with van der Waals surface area (Å²) in [6, 6.07) is 2.78. The molecule has 0 aliphatic heterocycles. The van der Waals surface area contributed by atoms with Crippen molar-refractivity contribution in [3.8, 4) is 6.07 Å². The van der Waals surface area contributed by atoms with E-state index in [-0.39, 0.29) is 28.5 Å². The van der Waals surface area contributed by atoms with E-state index in [4.69, 9.17) is 22.6 Å². The maximum Gasteiger partial charge on any atom is 0.265 e. The first-order valence-corrected chi connectivity index (χ1v) is 4.04. The van der Waals surface area contributed by atoms with Gasteiger partial charge in [-0.3, -0.25) is 0 Å². The molecule has 0 fully saturated rings. The van der Waals surface area contributed by atoms with Crippen LogP contribution in [0.5, 0.6) is 0 Å². The lowest BCUT2D eigenvalue weighted by Gasteiger charge is -2.07.